The number of hydrogen-bond donors (Lipinski definition) is 0. The highest BCUT2D eigenvalue weighted by atomic mass is 35.5. The Bertz CT molecular complexity index is 457. The van der Waals surface area contributed by atoms with Gasteiger partial charge in [0, 0.05) is 24.1 Å². The average molecular weight is 296 g/mol. The SMILES string of the molecule is CCCC1CCCCN1c1nc(C(C)C)nc(Cl)c1C. The van der Waals surface area contributed by atoms with Gasteiger partial charge >= 0.3 is 0 Å². The molecule has 1 saturated heterocycles. The fourth-order valence-electron chi connectivity index (χ4n) is 2.94. The number of rotatable bonds is 4. The van der Waals surface area contributed by atoms with Gasteiger partial charge in [-0.15, -0.1) is 0 Å². The predicted octanol–water partition coefficient (Wildman–Crippen LogP) is 4.72. The second-order valence-electron chi connectivity index (χ2n) is 6.11. The molecule has 3 nitrogen and oxygen atoms in total. The Hall–Kier alpha value is -0.830. The lowest BCUT2D eigenvalue weighted by molar-refractivity contribution is 0.430. The molecule has 1 unspecified atom stereocenters. The summed E-state index contributed by atoms with van der Waals surface area (Å²) in [6.45, 7) is 9.62. The Morgan fingerprint density at radius 3 is 2.70 bits per heavy atom. The monoisotopic (exact) mass is 295 g/mol. The molecule has 2 heterocycles. The summed E-state index contributed by atoms with van der Waals surface area (Å²) in [6.07, 6.45) is 6.30. The minimum Gasteiger partial charge on any atom is -0.353 e. The molecular weight excluding hydrogens is 270 g/mol. The van der Waals surface area contributed by atoms with Gasteiger partial charge in [-0.1, -0.05) is 38.8 Å². The van der Waals surface area contributed by atoms with E-state index in [4.69, 9.17) is 16.6 Å². The number of anilines is 1. The van der Waals surface area contributed by atoms with Crippen molar-refractivity contribution < 1.29 is 0 Å². The molecule has 1 atom stereocenters. The van der Waals surface area contributed by atoms with Crippen molar-refractivity contribution in [1.29, 1.82) is 0 Å². The van der Waals surface area contributed by atoms with Gasteiger partial charge in [0.15, 0.2) is 0 Å². The molecule has 0 aliphatic carbocycles. The maximum atomic E-state index is 6.33. The highest BCUT2D eigenvalue weighted by molar-refractivity contribution is 6.30. The predicted molar refractivity (Wildman–Crippen MR) is 85.8 cm³/mol. The molecule has 0 saturated carbocycles. The van der Waals surface area contributed by atoms with Gasteiger partial charge in [0.05, 0.1) is 0 Å². The smallest absolute Gasteiger partial charge is 0.137 e. The van der Waals surface area contributed by atoms with Crippen LogP contribution in [0.25, 0.3) is 0 Å². The Morgan fingerprint density at radius 1 is 1.30 bits per heavy atom. The van der Waals surface area contributed by atoms with E-state index >= 15 is 0 Å². The first-order valence-corrected chi connectivity index (χ1v) is 8.23. The van der Waals surface area contributed by atoms with E-state index in [-0.39, 0.29) is 0 Å². The van der Waals surface area contributed by atoms with E-state index in [0.29, 0.717) is 17.1 Å². The van der Waals surface area contributed by atoms with Crippen LogP contribution in [-0.2, 0) is 0 Å². The van der Waals surface area contributed by atoms with Gasteiger partial charge in [0.2, 0.25) is 0 Å². The minimum atomic E-state index is 0.307. The molecule has 0 amide bonds. The van der Waals surface area contributed by atoms with E-state index in [0.717, 1.165) is 23.8 Å². The molecular formula is C16H26ClN3. The molecule has 0 bridgehead atoms. The molecule has 112 valence electrons. The maximum absolute atomic E-state index is 6.33. The largest absolute Gasteiger partial charge is 0.353 e. The molecule has 4 heteroatoms. The third-order valence-electron chi connectivity index (χ3n) is 4.12. The molecule has 0 spiro atoms. The quantitative estimate of drug-likeness (QED) is 0.753. The summed E-state index contributed by atoms with van der Waals surface area (Å²) in [5.74, 6) is 2.23. The van der Waals surface area contributed by atoms with Crippen molar-refractivity contribution in [3.8, 4) is 0 Å². The molecule has 1 fully saturated rings. The lowest BCUT2D eigenvalue weighted by atomic mass is 9.98. The zero-order valence-electron chi connectivity index (χ0n) is 13.1. The fourth-order valence-corrected chi connectivity index (χ4v) is 3.12. The lowest BCUT2D eigenvalue weighted by Crippen LogP contribution is -2.40. The molecule has 1 aromatic heterocycles. The summed E-state index contributed by atoms with van der Waals surface area (Å²) in [4.78, 5) is 11.7. The number of halogens is 1. The molecule has 20 heavy (non-hydrogen) atoms. The summed E-state index contributed by atoms with van der Waals surface area (Å²) in [6, 6.07) is 0.610. The van der Waals surface area contributed by atoms with Crippen molar-refractivity contribution >= 4 is 17.4 Å². The summed E-state index contributed by atoms with van der Waals surface area (Å²) in [7, 11) is 0. The van der Waals surface area contributed by atoms with Crippen LogP contribution in [0.3, 0.4) is 0 Å². The summed E-state index contributed by atoms with van der Waals surface area (Å²) in [5.41, 5.74) is 1.03. The topological polar surface area (TPSA) is 29.0 Å². The van der Waals surface area contributed by atoms with Crippen LogP contribution in [0.1, 0.15) is 70.2 Å². The molecule has 1 aromatic rings. The van der Waals surface area contributed by atoms with E-state index in [1.807, 2.05) is 6.92 Å². The molecule has 2 rings (SSSR count). The third-order valence-corrected chi connectivity index (χ3v) is 4.48. The van der Waals surface area contributed by atoms with Crippen molar-refractivity contribution in [2.75, 3.05) is 11.4 Å². The van der Waals surface area contributed by atoms with E-state index < -0.39 is 0 Å². The second-order valence-corrected chi connectivity index (χ2v) is 6.47. The van der Waals surface area contributed by atoms with Gasteiger partial charge < -0.3 is 4.90 Å². The van der Waals surface area contributed by atoms with Crippen molar-refractivity contribution in [3.63, 3.8) is 0 Å². The minimum absolute atomic E-state index is 0.307. The Morgan fingerprint density at radius 2 is 2.05 bits per heavy atom. The number of piperidine rings is 1. The first-order chi connectivity index (χ1) is 9.54. The van der Waals surface area contributed by atoms with Gasteiger partial charge in [-0.25, -0.2) is 9.97 Å². The van der Waals surface area contributed by atoms with Gasteiger partial charge in [0.25, 0.3) is 0 Å². The first-order valence-electron chi connectivity index (χ1n) is 7.85. The van der Waals surface area contributed by atoms with E-state index in [2.05, 4.69) is 30.7 Å². The third kappa shape index (κ3) is 3.25. The van der Waals surface area contributed by atoms with Crippen molar-refractivity contribution in [2.45, 2.75) is 71.8 Å². The summed E-state index contributed by atoms with van der Waals surface area (Å²) in [5, 5.41) is 0.611. The molecule has 1 aliphatic heterocycles. The second kappa shape index (κ2) is 6.75. The van der Waals surface area contributed by atoms with Crippen LogP contribution >= 0.6 is 11.6 Å². The van der Waals surface area contributed by atoms with Gasteiger partial charge in [-0.05, 0) is 32.6 Å². The first kappa shape index (κ1) is 15.6. The summed E-state index contributed by atoms with van der Waals surface area (Å²) < 4.78 is 0. The maximum Gasteiger partial charge on any atom is 0.137 e. The van der Waals surface area contributed by atoms with Gasteiger partial charge in [-0.3, -0.25) is 0 Å². The molecule has 0 aromatic carbocycles. The number of aromatic nitrogens is 2. The van der Waals surface area contributed by atoms with Crippen molar-refractivity contribution in [2.24, 2.45) is 0 Å². The number of nitrogens with zero attached hydrogens (tertiary/aromatic N) is 3. The normalized spacial score (nSPS) is 19.7. The van der Waals surface area contributed by atoms with Crippen LogP contribution in [0.15, 0.2) is 0 Å². The molecule has 1 aliphatic rings. The van der Waals surface area contributed by atoms with Crippen LogP contribution in [-0.4, -0.2) is 22.6 Å². The fraction of sp³-hybridized carbons (Fsp3) is 0.750. The number of hydrogen-bond acceptors (Lipinski definition) is 3. The Kier molecular flexibility index (Phi) is 5.25. The standard InChI is InChI=1S/C16H26ClN3/c1-5-8-13-9-6-7-10-20(13)16-12(4)14(17)18-15(19-16)11(2)3/h11,13H,5-10H2,1-4H3. The zero-order chi connectivity index (χ0) is 14.7. The van der Waals surface area contributed by atoms with E-state index in [1.54, 1.807) is 0 Å². The van der Waals surface area contributed by atoms with Crippen LogP contribution in [0.2, 0.25) is 5.15 Å². The highest BCUT2D eigenvalue weighted by Crippen LogP contribution is 2.31. The van der Waals surface area contributed by atoms with Crippen LogP contribution in [0.4, 0.5) is 5.82 Å². The lowest BCUT2D eigenvalue weighted by Gasteiger charge is -2.37. The van der Waals surface area contributed by atoms with Crippen LogP contribution in [0.5, 0.6) is 0 Å². The van der Waals surface area contributed by atoms with Crippen molar-refractivity contribution in [1.82, 2.24) is 9.97 Å². The van der Waals surface area contributed by atoms with Gasteiger partial charge in [0.1, 0.15) is 16.8 Å². The van der Waals surface area contributed by atoms with E-state index in [9.17, 15) is 0 Å². The Labute approximate surface area is 127 Å². The van der Waals surface area contributed by atoms with Crippen molar-refractivity contribution in [3.05, 3.63) is 16.5 Å². The molecule has 0 N–H and O–H groups in total. The van der Waals surface area contributed by atoms with E-state index in [1.165, 1.54) is 32.1 Å². The molecule has 0 radical (unpaired) electrons. The van der Waals surface area contributed by atoms with Gasteiger partial charge in [-0.2, -0.15) is 0 Å². The average Bonchev–Trinajstić information content (AvgIpc) is 2.43. The van der Waals surface area contributed by atoms with Crippen LogP contribution in [0, 0.1) is 6.92 Å². The van der Waals surface area contributed by atoms with Crippen LogP contribution < -0.4 is 4.90 Å². The zero-order valence-corrected chi connectivity index (χ0v) is 13.9. The summed E-state index contributed by atoms with van der Waals surface area (Å²) >= 11 is 6.33. The highest BCUT2D eigenvalue weighted by Gasteiger charge is 2.26. The Balaban J connectivity index is 2.38.